The van der Waals surface area contributed by atoms with Gasteiger partial charge in [0.05, 0.1) is 0 Å². The van der Waals surface area contributed by atoms with Gasteiger partial charge in [-0.3, -0.25) is 4.40 Å². The van der Waals surface area contributed by atoms with Crippen LogP contribution in [0.25, 0.3) is 5.78 Å². The molecule has 4 heterocycles. The van der Waals surface area contributed by atoms with Crippen molar-refractivity contribution in [2.24, 2.45) is 0 Å². The largest absolute Gasteiger partial charge is 0.326 e. The monoisotopic (exact) mass is 132 g/mol. The van der Waals surface area contributed by atoms with Gasteiger partial charge in [0.15, 0.2) is 0 Å². The van der Waals surface area contributed by atoms with Gasteiger partial charge in [0.2, 0.25) is 5.78 Å². The molecule has 0 spiro atoms. The summed E-state index contributed by atoms with van der Waals surface area (Å²) in [5.41, 5.74) is 0. The summed E-state index contributed by atoms with van der Waals surface area (Å²) in [6.45, 7) is 0. The van der Waals surface area contributed by atoms with E-state index >= 15 is 0 Å². The molecule has 0 amide bonds. The zero-order valence-corrected chi connectivity index (χ0v) is 5.07. The lowest BCUT2D eigenvalue weighted by Gasteiger charge is -2.16. The summed E-state index contributed by atoms with van der Waals surface area (Å²) in [4.78, 5) is 8.18. The van der Waals surface area contributed by atoms with E-state index in [1.54, 1.807) is 6.20 Å². The first kappa shape index (κ1) is 4.27. The lowest BCUT2D eigenvalue weighted by molar-refractivity contribution is 1.06. The van der Waals surface area contributed by atoms with Crippen molar-refractivity contribution in [2.75, 3.05) is 5.32 Å². The molecule has 2 aliphatic rings. The molecule has 2 aliphatic heterocycles. The van der Waals surface area contributed by atoms with Crippen LogP contribution in [0.1, 0.15) is 0 Å². The molecule has 4 rings (SSSR count). The molecule has 0 unspecified atom stereocenters. The van der Waals surface area contributed by atoms with E-state index in [1.165, 1.54) is 0 Å². The van der Waals surface area contributed by atoms with Gasteiger partial charge in [0, 0.05) is 18.5 Å². The first-order valence-corrected chi connectivity index (χ1v) is 3.05. The summed E-state index contributed by atoms with van der Waals surface area (Å²) in [5, 5.41) is 3.06. The van der Waals surface area contributed by atoms with Crippen LogP contribution >= 0.6 is 0 Å². The quantitative estimate of drug-likeness (QED) is 0.491. The van der Waals surface area contributed by atoms with Crippen molar-refractivity contribution in [1.29, 1.82) is 0 Å². The smallest absolute Gasteiger partial charge is 0.237 e. The molecule has 0 radical (unpaired) electrons. The van der Waals surface area contributed by atoms with Crippen LogP contribution in [0, 0.1) is 0 Å². The van der Waals surface area contributed by atoms with Gasteiger partial charge in [-0.05, 0) is 0 Å². The summed E-state index contributed by atoms with van der Waals surface area (Å²) in [6, 6.07) is 1.98. The Kier molecular flexibility index (Phi) is 0.484. The van der Waals surface area contributed by atoms with Crippen LogP contribution in [0.5, 0.6) is 0 Å². The van der Waals surface area contributed by atoms with Gasteiger partial charge in [0.25, 0.3) is 0 Å². The standard InChI is InChI=1S/C6H4N4/c1-2-10-5-3-4(8-5)9-6(10)7-1/h1-3H,(H,7,8,9). The highest BCUT2D eigenvalue weighted by molar-refractivity contribution is 5.70. The second-order valence-electron chi connectivity index (χ2n) is 2.25. The Morgan fingerprint density at radius 2 is 2.40 bits per heavy atom. The third kappa shape index (κ3) is 0.316. The molecule has 0 aromatic carbocycles. The van der Waals surface area contributed by atoms with E-state index < -0.39 is 0 Å². The fourth-order valence-corrected chi connectivity index (χ4v) is 1.12. The van der Waals surface area contributed by atoms with Crippen molar-refractivity contribution >= 4 is 17.4 Å². The van der Waals surface area contributed by atoms with E-state index in [4.69, 9.17) is 0 Å². The van der Waals surface area contributed by atoms with Crippen LogP contribution in [-0.2, 0) is 0 Å². The van der Waals surface area contributed by atoms with Crippen molar-refractivity contribution < 1.29 is 0 Å². The maximum absolute atomic E-state index is 4.15. The molecule has 2 bridgehead atoms. The van der Waals surface area contributed by atoms with Crippen LogP contribution in [0.4, 0.5) is 11.6 Å². The lowest BCUT2D eigenvalue weighted by Crippen LogP contribution is -2.10. The minimum atomic E-state index is 0.770. The Morgan fingerprint density at radius 1 is 1.50 bits per heavy atom. The number of hydrogen-bond acceptors (Lipinski definition) is 3. The minimum Gasteiger partial charge on any atom is -0.326 e. The molecule has 0 fully saturated rings. The summed E-state index contributed by atoms with van der Waals surface area (Å²) in [7, 11) is 0. The molecule has 48 valence electrons. The van der Waals surface area contributed by atoms with E-state index in [2.05, 4.69) is 15.3 Å². The molecule has 2 aromatic rings. The second-order valence-corrected chi connectivity index (χ2v) is 2.25. The molecule has 0 saturated carbocycles. The van der Waals surface area contributed by atoms with Crippen LogP contribution < -0.4 is 5.32 Å². The molecule has 10 heavy (non-hydrogen) atoms. The number of rotatable bonds is 0. The normalized spacial score (nSPS) is 12.8. The Bertz CT molecular complexity index is 403. The zero-order chi connectivity index (χ0) is 6.55. The van der Waals surface area contributed by atoms with Crippen molar-refractivity contribution in [2.45, 2.75) is 0 Å². The number of anilines is 2. The highest BCUT2D eigenvalue weighted by Gasteiger charge is 2.13. The van der Waals surface area contributed by atoms with Crippen molar-refractivity contribution in [3.05, 3.63) is 18.5 Å². The Labute approximate surface area is 56.5 Å². The second kappa shape index (κ2) is 1.13. The van der Waals surface area contributed by atoms with Gasteiger partial charge in [-0.1, -0.05) is 0 Å². The Hall–Kier alpha value is -1.58. The molecule has 4 heteroatoms. The summed E-state index contributed by atoms with van der Waals surface area (Å²) in [5.74, 6) is 2.75. The van der Waals surface area contributed by atoms with Crippen LogP contribution in [0.15, 0.2) is 18.5 Å². The first-order chi connectivity index (χ1) is 4.93. The molecule has 0 atom stereocenters. The molecule has 4 nitrogen and oxygen atoms in total. The third-order valence-corrected chi connectivity index (χ3v) is 1.63. The number of nitrogens with zero attached hydrogens (tertiary/aromatic N) is 3. The molecule has 1 N–H and O–H groups in total. The van der Waals surface area contributed by atoms with Gasteiger partial charge in [-0.25, -0.2) is 4.98 Å². The number of imidazole rings is 1. The molecule has 2 aromatic heterocycles. The van der Waals surface area contributed by atoms with Gasteiger partial charge >= 0.3 is 0 Å². The van der Waals surface area contributed by atoms with Crippen molar-refractivity contribution in [1.82, 2.24) is 14.4 Å². The fourth-order valence-electron chi connectivity index (χ4n) is 1.12. The lowest BCUT2D eigenvalue weighted by atomic mass is 10.4. The van der Waals surface area contributed by atoms with Gasteiger partial charge in [-0.2, -0.15) is 4.98 Å². The highest BCUT2D eigenvalue weighted by Crippen LogP contribution is 2.26. The van der Waals surface area contributed by atoms with Gasteiger partial charge < -0.3 is 5.32 Å². The number of nitrogens with one attached hydrogen (secondary N) is 1. The fraction of sp³-hybridized carbons (Fsp3) is 0. The number of hydrogen-bond donors (Lipinski definition) is 1. The summed E-state index contributed by atoms with van der Waals surface area (Å²) >= 11 is 0. The topological polar surface area (TPSA) is 42.2 Å². The maximum atomic E-state index is 4.15. The molecule has 0 aliphatic carbocycles. The van der Waals surface area contributed by atoms with Crippen molar-refractivity contribution in [3.63, 3.8) is 0 Å². The molecular formula is C6H4N4. The van der Waals surface area contributed by atoms with Gasteiger partial charge in [0.1, 0.15) is 11.6 Å². The highest BCUT2D eigenvalue weighted by atomic mass is 15.2. The van der Waals surface area contributed by atoms with Crippen LogP contribution in [-0.4, -0.2) is 14.4 Å². The van der Waals surface area contributed by atoms with E-state index in [1.807, 2.05) is 16.7 Å². The summed E-state index contributed by atoms with van der Waals surface area (Å²) in [6.07, 6.45) is 3.62. The minimum absolute atomic E-state index is 0.770. The Morgan fingerprint density at radius 3 is 3.20 bits per heavy atom. The molecule has 0 saturated heterocycles. The first-order valence-electron chi connectivity index (χ1n) is 3.05. The van der Waals surface area contributed by atoms with E-state index in [9.17, 15) is 0 Å². The Balaban J connectivity index is 2.66. The van der Waals surface area contributed by atoms with E-state index in [0.717, 1.165) is 17.4 Å². The SMILES string of the molecule is c1cn2c3cc(nc2n1)N3. The third-order valence-electron chi connectivity index (χ3n) is 1.63. The van der Waals surface area contributed by atoms with Crippen LogP contribution in [0.3, 0.4) is 0 Å². The average molecular weight is 132 g/mol. The number of aromatic nitrogens is 3. The summed E-state index contributed by atoms with van der Waals surface area (Å²) < 4.78 is 1.91. The zero-order valence-electron chi connectivity index (χ0n) is 5.07. The van der Waals surface area contributed by atoms with E-state index in [0.29, 0.717) is 0 Å². The predicted molar refractivity (Wildman–Crippen MR) is 36.3 cm³/mol. The van der Waals surface area contributed by atoms with E-state index in [-0.39, 0.29) is 0 Å². The molecular weight excluding hydrogens is 128 g/mol. The van der Waals surface area contributed by atoms with Crippen LogP contribution in [0.2, 0.25) is 0 Å². The predicted octanol–water partition coefficient (Wildman–Crippen LogP) is 0.786. The average Bonchev–Trinajstić information content (AvgIpc) is 2.29. The maximum Gasteiger partial charge on any atom is 0.237 e. The van der Waals surface area contributed by atoms with Gasteiger partial charge in [-0.15, -0.1) is 0 Å². The van der Waals surface area contributed by atoms with Crippen molar-refractivity contribution in [3.8, 4) is 0 Å².